The van der Waals surface area contributed by atoms with Gasteiger partial charge >= 0.3 is 0 Å². The Bertz CT molecular complexity index is 643. The zero-order valence-electron chi connectivity index (χ0n) is 15.1. The van der Waals surface area contributed by atoms with Crippen LogP contribution in [0.2, 0.25) is 5.02 Å². The van der Waals surface area contributed by atoms with Crippen molar-refractivity contribution >= 4 is 11.6 Å². The van der Waals surface area contributed by atoms with E-state index in [1.165, 1.54) is 5.56 Å². The van der Waals surface area contributed by atoms with Gasteiger partial charge in [0.2, 0.25) is 0 Å². The lowest BCUT2D eigenvalue weighted by Crippen LogP contribution is -2.48. The SMILES string of the molecule is O[C@H](COCc1ccccc1)CN1CCN(Cc2ccc(Cl)cc2)CC1. The fourth-order valence-corrected chi connectivity index (χ4v) is 3.34. The van der Waals surface area contributed by atoms with E-state index in [-0.39, 0.29) is 0 Å². The highest BCUT2D eigenvalue weighted by Crippen LogP contribution is 2.13. The van der Waals surface area contributed by atoms with Crippen molar-refractivity contribution in [2.24, 2.45) is 0 Å². The van der Waals surface area contributed by atoms with E-state index >= 15 is 0 Å². The summed E-state index contributed by atoms with van der Waals surface area (Å²) < 4.78 is 5.63. The zero-order valence-corrected chi connectivity index (χ0v) is 15.8. The molecule has 0 radical (unpaired) electrons. The molecule has 2 aromatic carbocycles. The molecule has 0 spiro atoms. The summed E-state index contributed by atoms with van der Waals surface area (Å²) in [6.07, 6.45) is -0.443. The summed E-state index contributed by atoms with van der Waals surface area (Å²) in [5.74, 6) is 0. The molecule has 3 rings (SSSR count). The lowest BCUT2D eigenvalue weighted by Gasteiger charge is -2.35. The first-order valence-electron chi connectivity index (χ1n) is 9.18. The predicted octanol–water partition coefficient (Wildman–Crippen LogP) is 3.04. The summed E-state index contributed by atoms with van der Waals surface area (Å²) in [5.41, 5.74) is 2.42. The highest BCUT2D eigenvalue weighted by atomic mass is 35.5. The van der Waals surface area contributed by atoms with E-state index in [0.717, 1.165) is 43.3 Å². The summed E-state index contributed by atoms with van der Waals surface area (Å²) in [7, 11) is 0. The molecule has 1 aliphatic heterocycles. The molecule has 1 heterocycles. The zero-order chi connectivity index (χ0) is 18.2. The Morgan fingerprint density at radius 3 is 2.23 bits per heavy atom. The van der Waals surface area contributed by atoms with E-state index in [2.05, 4.69) is 21.9 Å². The molecule has 0 aliphatic carbocycles. The Morgan fingerprint density at radius 2 is 1.54 bits per heavy atom. The number of piperazine rings is 1. The van der Waals surface area contributed by atoms with Crippen molar-refractivity contribution in [3.8, 4) is 0 Å². The summed E-state index contributed by atoms with van der Waals surface area (Å²) >= 11 is 5.94. The van der Waals surface area contributed by atoms with Crippen molar-refractivity contribution in [1.82, 2.24) is 9.80 Å². The van der Waals surface area contributed by atoms with Crippen molar-refractivity contribution in [3.63, 3.8) is 0 Å². The topological polar surface area (TPSA) is 35.9 Å². The quantitative estimate of drug-likeness (QED) is 0.770. The summed E-state index contributed by atoms with van der Waals surface area (Å²) in [4.78, 5) is 4.76. The highest BCUT2D eigenvalue weighted by molar-refractivity contribution is 6.30. The van der Waals surface area contributed by atoms with Gasteiger partial charge in [-0.1, -0.05) is 54.1 Å². The summed E-state index contributed by atoms with van der Waals surface area (Å²) in [5, 5.41) is 11.0. The lowest BCUT2D eigenvalue weighted by molar-refractivity contribution is 0.000878. The first-order valence-corrected chi connectivity index (χ1v) is 9.56. The fourth-order valence-electron chi connectivity index (χ4n) is 3.22. The second kappa shape index (κ2) is 10.0. The summed E-state index contributed by atoms with van der Waals surface area (Å²) in [6, 6.07) is 18.1. The van der Waals surface area contributed by atoms with Crippen LogP contribution in [0.1, 0.15) is 11.1 Å². The second-order valence-corrected chi connectivity index (χ2v) is 7.29. The third-order valence-electron chi connectivity index (χ3n) is 4.68. The first kappa shape index (κ1) is 19.3. The number of aliphatic hydroxyl groups is 1. The van der Waals surface area contributed by atoms with E-state index in [4.69, 9.17) is 16.3 Å². The molecule has 4 nitrogen and oxygen atoms in total. The lowest BCUT2D eigenvalue weighted by atomic mass is 10.2. The van der Waals surface area contributed by atoms with Crippen LogP contribution in [-0.4, -0.2) is 60.3 Å². The number of β-amino-alcohol motifs (C(OH)–C–C–N with tert-alkyl or cyclic N) is 1. The van der Waals surface area contributed by atoms with Gasteiger partial charge in [-0.05, 0) is 23.3 Å². The molecule has 1 N–H and O–H groups in total. The maximum Gasteiger partial charge on any atom is 0.0900 e. The molecule has 5 heteroatoms. The van der Waals surface area contributed by atoms with Crippen LogP contribution in [0.4, 0.5) is 0 Å². The molecule has 26 heavy (non-hydrogen) atoms. The van der Waals surface area contributed by atoms with Crippen molar-refractivity contribution in [3.05, 3.63) is 70.7 Å². The molecule has 1 atom stereocenters. The van der Waals surface area contributed by atoms with Crippen molar-refractivity contribution in [2.75, 3.05) is 39.3 Å². The maximum atomic E-state index is 10.2. The molecular formula is C21H27ClN2O2. The van der Waals surface area contributed by atoms with Gasteiger partial charge in [0.05, 0.1) is 19.3 Å². The Morgan fingerprint density at radius 1 is 0.885 bits per heavy atom. The van der Waals surface area contributed by atoms with Crippen molar-refractivity contribution in [2.45, 2.75) is 19.3 Å². The number of aliphatic hydroxyl groups excluding tert-OH is 1. The van der Waals surface area contributed by atoms with Crippen LogP contribution in [0.5, 0.6) is 0 Å². The monoisotopic (exact) mass is 374 g/mol. The van der Waals surface area contributed by atoms with Crippen LogP contribution >= 0.6 is 11.6 Å². The van der Waals surface area contributed by atoms with Gasteiger partial charge in [0.1, 0.15) is 0 Å². The Hall–Kier alpha value is -1.43. The highest BCUT2D eigenvalue weighted by Gasteiger charge is 2.19. The molecule has 0 saturated carbocycles. The Labute approximate surface area is 160 Å². The van der Waals surface area contributed by atoms with Gasteiger partial charge in [-0.3, -0.25) is 9.80 Å². The van der Waals surface area contributed by atoms with E-state index in [9.17, 15) is 5.11 Å². The smallest absolute Gasteiger partial charge is 0.0900 e. The van der Waals surface area contributed by atoms with E-state index in [0.29, 0.717) is 19.8 Å². The summed E-state index contributed by atoms with van der Waals surface area (Å²) in [6.45, 7) is 6.52. The van der Waals surface area contributed by atoms with Gasteiger partial charge in [0.25, 0.3) is 0 Å². The van der Waals surface area contributed by atoms with Crippen LogP contribution in [0, 0.1) is 0 Å². The molecule has 0 unspecified atom stereocenters. The van der Waals surface area contributed by atoms with E-state index < -0.39 is 6.10 Å². The molecule has 2 aromatic rings. The normalized spacial score (nSPS) is 17.3. The number of ether oxygens (including phenoxy) is 1. The predicted molar refractivity (Wildman–Crippen MR) is 105 cm³/mol. The minimum Gasteiger partial charge on any atom is -0.389 e. The minimum atomic E-state index is -0.443. The number of nitrogens with zero attached hydrogens (tertiary/aromatic N) is 2. The molecule has 0 aromatic heterocycles. The number of halogens is 1. The van der Waals surface area contributed by atoms with Gasteiger partial charge in [-0.2, -0.15) is 0 Å². The molecule has 1 fully saturated rings. The molecule has 1 aliphatic rings. The van der Waals surface area contributed by atoms with Gasteiger partial charge in [-0.15, -0.1) is 0 Å². The maximum absolute atomic E-state index is 10.2. The number of benzene rings is 2. The largest absolute Gasteiger partial charge is 0.389 e. The Balaban J connectivity index is 1.32. The Kier molecular flexibility index (Phi) is 7.47. The second-order valence-electron chi connectivity index (χ2n) is 6.86. The van der Waals surface area contributed by atoms with Crippen LogP contribution < -0.4 is 0 Å². The van der Waals surface area contributed by atoms with Crippen LogP contribution in [0.15, 0.2) is 54.6 Å². The van der Waals surface area contributed by atoms with Crippen LogP contribution in [0.25, 0.3) is 0 Å². The molecule has 140 valence electrons. The number of rotatable bonds is 8. The third kappa shape index (κ3) is 6.38. The number of hydrogen-bond donors (Lipinski definition) is 1. The molecule has 1 saturated heterocycles. The molecule has 0 bridgehead atoms. The van der Waals surface area contributed by atoms with Gasteiger partial charge < -0.3 is 9.84 Å². The standard InChI is InChI=1S/C21H27ClN2O2/c22-20-8-6-18(7-9-20)14-23-10-12-24(13-11-23)15-21(25)17-26-16-19-4-2-1-3-5-19/h1-9,21,25H,10-17H2/t21-/m0/s1. The fraction of sp³-hybridized carbons (Fsp3) is 0.429. The average Bonchev–Trinajstić information content (AvgIpc) is 2.66. The van der Waals surface area contributed by atoms with Crippen LogP contribution in [0.3, 0.4) is 0 Å². The van der Waals surface area contributed by atoms with Gasteiger partial charge in [-0.25, -0.2) is 0 Å². The van der Waals surface area contributed by atoms with E-state index in [1.54, 1.807) is 0 Å². The van der Waals surface area contributed by atoms with Crippen LogP contribution in [-0.2, 0) is 17.9 Å². The van der Waals surface area contributed by atoms with Crippen molar-refractivity contribution in [1.29, 1.82) is 0 Å². The third-order valence-corrected chi connectivity index (χ3v) is 4.93. The molecule has 0 amide bonds. The molecular weight excluding hydrogens is 348 g/mol. The van der Waals surface area contributed by atoms with E-state index in [1.807, 2.05) is 42.5 Å². The van der Waals surface area contributed by atoms with Gasteiger partial charge in [0.15, 0.2) is 0 Å². The first-order chi connectivity index (χ1) is 12.7. The van der Waals surface area contributed by atoms with Gasteiger partial charge in [0, 0.05) is 44.3 Å². The van der Waals surface area contributed by atoms with Crippen molar-refractivity contribution < 1.29 is 9.84 Å². The number of hydrogen-bond acceptors (Lipinski definition) is 4. The average molecular weight is 375 g/mol. The minimum absolute atomic E-state index is 0.375.